The molecule has 1 fully saturated rings. The van der Waals surface area contributed by atoms with E-state index in [0.29, 0.717) is 12.3 Å². The van der Waals surface area contributed by atoms with Crippen LogP contribution in [0.1, 0.15) is 52.0 Å². The van der Waals surface area contributed by atoms with Crippen molar-refractivity contribution in [1.29, 1.82) is 0 Å². The fourth-order valence-corrected chi connectivity index (χ4v) is 3.01. The van der Waals surface area contributed by atoms with Gasteiger partial charge in [0.1, 0.15) is 0 Å². The van der Waals surface area contributed by atoms with Crippen LogP contribution in [0.4, 0.5) is 5.69 Å². The summed E-state index contributed by atoms with van der Waals surface area (Å²) in [5.74, 6) is 0.523. The summed E-state index contributed by atoms with van der Waals surface area (Å²) in [7, 11) is 1.86. The predicted octanol–water partition coefficient (Wildman–Crippen LogP) is 3.89. The van der Waals surface area contributed by atoms with Gasteiger partial charge in [0.15, 0.2) is 0 Å². The number of rotatable bonds is 3. The van der Waals surface area contributed by atoms with Gasteiger partial charge in [0, 0.05) is 25.2 Å². The Kier molecular flexibility index (Phi) is 6.45. The smallest absolute Gasteiger partial charge is 0.227 e. The van der Waals surface area contributed by atoms with Gasteiger partial charge in [-0.3, -0.25) is 4.79 Å². The van der Waals surface area contributed by atoms with Crippen molar-refractivity contribution >= 4 is 24.0 Å². The summed E-state index contributed by atoms with van der Waals surface area (Å²) in [4.78, 5) is 14.2. The molecule has 0 aromatic heterocycles. The zero-order chi connectivity index (χ0) is 15.6. The highest BCUT2D eigenvalue weighted by atomic mass is 35.5. The van der Waals surface area contributed by atoms with E-state index in [9.17, 15) is 4.79 Å². The molecule has 0 bridgehead atoms. The minimum Gasteiger partial charge on any atom is -0.327 e. The number of amides is 1. The molecule has 0 unspecified atom stereocenters. The second kappa shape index (κ2) is 7.47. The van der Waals surface area contributed by atoms with E-state index in [4.69, 9.17) is 5.73 Å². The molecular weight excluding hydrogens is 296 g/mol. The first-order chi connectivity index (χ1) is 9.79. The number of hydrogen-bond acceptors (Lipinski definition) is 2. The van der Waals surface area contributed by atoms with E-state index in [1.165, 1.54) is 5.56 Å². The normalized spacial score (nSPS) is 21.3. The van der Waals surface area contributed by atoms with E-state index in [1.54, 1.807) is 4.90 Å². The Morgan fingerprint density at radius 1 is 1.23 bits per heavy atom. The number of halogens is 1. The van der Waals surface area contributed by atoms with Gasteiger partial charge in [-0.05, 0) is 41.9 Å². The maximum absolute atomic E-state index is 12.4. The lowest BCUT2D eigenvalue weighted by molar-refractivity contribution is -0.119. The molecule has 1 aromatic carbocycles. The fourth-order valence-electron chi connectivity index (χ4n) is 3.01. The second-order valence-electron chi connectivity index (χ2n) is 7.31. The molecule has 0 spiro atoms. The molecule has 0 heterocycles. The highest BCUT2D eigenvalue weighted by molar-refractivity contribution is 5.93. The largest absolute Gasteiger partial charge is 0.327 e. The molecule has 1 saturated carbocycles. The zero-order valence-electron chi connectivity index (χ0n) is 14.1. The van der Waals surface area contributed by atoms with Crippen molar-refractivity contribution in [3.8, 4) is 0 Å². The summed E-state index contributed by atoms with van der Waals surface area (Å²) in [6.07, 6.45) is 3.87. The van der Waals surface area contributed by atoms with Gasteiger partial charge in [-0.2, -0.15) is 0 Å². The Bertz CT molecular complexity index is 493. The van der Waals surface area contributed by atoms with Crippen LogP contribution in [0, 0.1) is 5.92 Å². The number of hydrogen-bond donors (Lipinski definition) is 1. The highest BCUT2D eigenvalue weighted by Crippen LogP contribution is 2.29. The van der Waals surface area contributed by atoms with E-state index in [1.807, 2.05) is 19.2 Å². The molecular formula is C18H29ClN2O. The van der Waals surface area contributed by atoms with Crippen molar-refractivity contribution in [2.24, 2.45) is 11.7 Å². The van der Waals surface area contributed by atoms with Crippen molar-refractivity contribution in [2.45, 2.75) is 57.9 Å². The standard InChI is InChI=1S/C18H28N2O.ClH/c1-18(2,3)14-8-10-15(11-9-14)20(4)17(21)12-13-6-5-7-16(13)19;/h8-11,13,16H,5-7,12,19H2,1-4H3;1H/t13-,16+;/m0./s1. The highest BCUT2D eigenvalue weighted by Gasteiger charge is 2.27. The SMILES string of the molecule is CN(C(=O)C[C@@H]1CCC[C@H]1N)c1ccc(C(C)(C)C)cc1.Cl. The van der Waals surface area contributed by atoms with Crippen LogP contribution in [0.15, 0.2) is 24.3 Å². The molecule has 1 amide bonds. The van der Waals surface area contributed by atoms with Crippen molar-refractivity contribution in [3.63, 3.8) is 0 Å². The average Bonchev–Trinajstić information content (AvgIpc) is 2.82. The van der Waals surface area contributed by atoms with E-state index in [2.05, 4.69) is 32.9 Å². The summed E-state index contributed by atoms with van der Waals surface area (Å²) in [6, 6.07) is 8.49. The van der Waals surface area contributed by atoms with Crippen molar-refractivity contribution in [2.75, 3.05) is 11.9 Å². The monoisotopic (exact) mass is 324 g/mol. The maximum Gasteiger partial charge on any atom is 0.227 e. The Morgan fingerprint density at radius 3 is 2.27 bits per heavy atom. The molecule has 1 aliphatic rings. The van der Waals surface area contributed by atoms with Crippen LogP contribution in [0.3, 0.4) is 0 Å². The number of nitrogens with two attached hydrogens (primary N) is 1. The molecule has 2 atom stereocenters. The van der Waals surface area contributed by atoms with Gasteiger partial charge in [0.25, 0.3) is 0 Å². The molecule has 2 N–H and O–H groups in total. The van der Waals surface area contributed by atoms with Gasteiger partial charge in [-0.1, -0.05) is 39.3 Å². The first-order valence-corrected chi connectivity index (χ1v) is 7.91. The summed E-state index contributed by atoms with van der Waals surface area (Å²) in [5.41, 5.74) is 8.44. The van der Waals surface area contributed by atoms with Crippen LogP contribution in [0.5, 0.6) is 0 Å². The second-order valence-corrected chi connectivity index (χ2v) is 7.31. The van der Waals surface area contributed by atoms with Crippen molar-refractivity contribution in [1.82, 2.24) is 0 Å². The molecule has 124 valence electrons. The fraction of sp³-hybridized carbons (Fsp3) is 0.611. The van der Waals surface area contributed by atoms with E-state index in [-0.39, 0.29) is 29.8 Å². The third-order valence-electron chi connectivity index (χ3n) is 4.65. The van der Waals surface area contributed by atoms with Gasteiger partial charge in [-0.15, -0.1) is 12.4 Å². The number of carbonyl (C=O) groups excluding carboxylic acids is 1. The number of anilines is 1. The summed E-state index contributed by atoms with van der Waals surface area (Å²) in [5, 5.41) is 0. The maximum atomic E-state index is 12.4. The van der Waals surface area contributed by atoms with Crippen LogP contribution < -0.4 is 10.6 Å². The molecule has 0 radical (unpaired) electrons. The average molecular weight is 325 g/mol. The van der Waals surface area contributed by atoms with Crippen molar-refractivity contribution < 1.29 is 4.79 Å². The lowest BCUT2D eigenvalue weighted by Gasteiger charge is -2.23. The van der Waals surface area contributed by atoms with Gasteiger partial charge < -0.3 is 10.6 Å². The predicted molar refractivity (Wildman–Crippen MR) is 95.7 cm³/mol. The molecule has 2 rings (SSSR count). The zero-order valence-corrected chi connectivity index (χ0v) is 15.0. The number of carbonyl (C=O) groups is 1. The summed E-state index contributed by atoms with van der Waals surface area (Å²) >= 11 is 0. The lowest BCUT2D eigenvalue weighted by atomic mass is 9.87. The van der Waals surface area contributed by atoms with Crippen LogP contribution in [0.2, 0.25) is 0 Å². The molecule has 0 saturated heterocycles. The van der Waals surface area contributed by atoms with Gasteiger partial charge in [0.2, 0.25) is 5.91 Å². The van der Waals surface area contributed by atoms with Gasteiger partial charge >= 0.3 is 0 Å². The number of nitrogens with zero attached hydrogens (tertiary/aromatic N) is 1. The molecule has 3 nitrogen and oxygen atoms in total. The van der Waals surface area contributed by atoms with Gasteiger partial charge in [-0.25, -0.2) is 0 Å². The van der Waals surface area contributed by atoms with Crippen LogP contribution in [-0.2, 0) is 10.2 Å². The Labute approximate surface area is 140 Å². The van der Waals surface area contributed by atoms with E-state index >= 15 is 0 Å². The number of benzene rings is 1. The Morgan fingerprint density at radius 2 is 1.82 bits per heavy atom. The first kappa shape index (κ1) is 19.0. The quantitative estimate of drug-likeness (QED) is 0.917. The topological polar surface area (TPSA) is 46.3 Å². The van der Waals surface area contributed by atoms with E-state index in [0.717, 1.165) is 24.9 Å². The summed E-state index contributed by atoms with van der Waals surface area (Å²) < 4.78 is 0. The van der Waals surface area contributed by atoms with Crippen molar-refractivity contribution in [3.05, 3.63) is 29.8 Å². The van der Waals surface area contributed by atoms with Crippen LogP contribution in [0.25, 0.3) is 0 Å². The minimum absolute atomic E-state index is 0. The third kappa shape index (κ3) is 4.47. The Hall–Kier alpha value is -1.06. The minimum atomic E-state index is 0. The van der Waals surface area contributed by atoms with Crippen LogP contribution in [-0.4, -0.2) is 19.0 Å². The lowest BCUT2D eigenvalue weighted by Crippen LogP contribution is -2.33. The molecule has 1 aromatic rings. The molecule has 22 heavy (non-hydrogen) atoms. The molecule has 0 aliphatic heterocycles. The van der Waals surface area contributed by atoms with Crippen LogP contribution >= 0.6 is 12.4 Å². The first-order valence-electron chi connectivity index (χ1n) is 7.91. The van der Waals surface area contributed by atoms with E-state index < -0.39 is 0 Å². The molecule has 4 heteroatoms. The molecule has 1 aliphatic carbocycles. The third-order valence-corrected chi connectivity index (χ3v) is 4.65. The Balaban J connectivity index is 0.00000242. The van der Waals surface area contributed by atoms with Gasteiger partial charge in [0.05, 0.1) is 0 Å². The summed E-state index contributed by atoms with van der Waals surface area (Å²) in [6.45, 7) is 6.58.